The quantitative estimate of drug-likeness (QED) is 0.661. The molecule has 0 saturated heterocycles. The van der Waals surface area contributed by atoms with Crippen molar-refractivity contribution < 1.29 is 4.40 Å². The molecule has 3 rings (SSSR count). The Kier molecular flexibility index (Phi) is 3.42. The Balaban J connectivity index is 1.94. The molecule has 2 heterocycles. The van der Waals surface area contributed by atoms with E-state index in [-0.39, 0.29) is 0 Å². The van der Waals surface area contributed by atoms with E-state index in [0.29, 0.717) is 0 Å². The molecule has 0 saturated carbocycles. The Morgan fingerprint density at radius 1 is 1.00 bits per heavy atom. The number of hydrogen-bond donors (Lipinski definition) is 0. The van der Waals surface area contributed by atoms with Gasteiger partial charge >= 0.3 is 0 Å². The molecular formula is C17H20N3+. The van der Waals surface area contributed by atoms with Crippen molar-refractivity contribution in [2.45, 2.75) is 13.8 Å². The van der Waals surface area contributed by atoms with Crippen LogP contribution in [0, 0.1) is 0 Å². The van der Waals surface area contributed by atoms with Gasteiger partial charge in [-0.15, -0.1) is 0 Å². The average Bonchev–Trinajstić information content (AvgIpc) is 2.93. The van der Waals surface area contributed by atoms with Gasteiger partial charge in [0.25, 0.3) is 6.33 Å². The first-order valence-electron chi connectivity index (χ1n) is 7.15. The highest BCUT2D eigenvalue weighted by Gasteiger charge is 2.08. The Hall–Kier alpha value is -2.29. The second-order valence-corrected chi connectivity index (χ2v) is 4.87. The van der Waals surface area contributed by atoms with Gasteiger partial charge in [0.15, 0.2) is 5.52 Å². The largest absolute Gasteiger partial charge is 0.372 e. The fraction of sp³-hybridized carbons (Fsp3) is 0.235. The van der Waals surface area contributed by atoms with Crippen molar-refractivity contribution in [1.29, 1.82) is 0 Å². The molecule has 0 bridgehead atoms. The molecule has 0 unspecified atom stereocenters. The maximum Gasteiger partial charge on any atom is 0.254 e. The van der Waals surface area contributed by atoms with Crippen LogP contribution >= 0.6 is 0 Å². The summed E-state index contributed by atoms with van der Waals surface area (Å²) in [5.41, 5.74) is 3.66. The van der Waals surface area contributed by atoms with E-state index in [1.165, 1.54) is 16.9 Å². The Bertz CT molecular complexity index is 661. The zero-order valence-electron chi connectivity index (χ0n) is 12.0. The van der Waals surface area contributed by atoms with Crippen molar-refractivity contribution in [3.05, 3.63) is 61.2 Å². The van der Waals surface area contributed by atoms with Crippen molar-refractivity contribution in [3.63, 3.8) is 0 Å². The molecule has 0 amide bonds. The minimum atomic E-state index is 1.04. The van der Waals surface area contributed by atoms with Gasteiger partial charge in [-0.1, -0.05) is 6.07 Å². The van der Waals surface area contributed by atoms with Crippen molar-refractivity contribution >= 4 is 11.2 Å². The van der Waals surface area contributed by atoms with Gasteiger partial charge in [0, 0.05) is 18.8 Å². The van der Waals surface area contributed by atoms with E-state index in [0.717, 1.165) is 13.1 Å². The average molecular weight is 266 g/mol. The summed E-state index contributed by atoms with van der Waals surface area (Å²) in [5, 5.41) is 0. The van der Waals surface area contributed by atoms with Crippen LogP contribution in [0.5, 0.6) is 0 Å². The molecule has 3 aromatic rings. The first-order chi connectivity index (χ1) is 9.81. The van der Waals surface area contributed by atoms with Gasteiger partial charge in [-0.2, -0.15) is 0 Å². The van der Waals surface area contributed by atoms with Gasteiger partial charge in [0.1, 0.15) is 11.9 Å². The summed E-state index contributed by atoms with van der Waals surface area (Å²) in [6, 6.07) is 14.9. The third kappa shape index (κ3) is 2.27. The fourth-order valence-corrected chi connectivity index (χ4v) is 2.56. The van der Waals surface area contributed by atoms with Crippen molar-refractivity contribution in [3.8, 4) is 5.69 Å². The van der Waals surface area contributed by atoms with Crippen LogP contribution in [0.1, 0.15) is 13.8 Å². The third-order valence-corrected chi connectivity index (χ3v) is 3.72. The highest BCUT2D eigenvalue weighted by molar-refractivity contribution is 5.51. The molecule has 1 aromatic carbocycles. The topological polar surface area (TPSA) is 12.3 Å². The summed E-state index contributed by atoms with van der Waals surface area (Å²) in [7, 11) is 0. The monoisotopic (exact) mass is 266 g/mol. The number of benzene rings is 1. The van der Waals surface area contributed by atoms with Gasteiger partial charge in [-0.3, -0.25) is 0 Å². The summed E-state index contributed by atoms with van der Waals surface area (Å²) in [6.45, 7) is 6.46. The molecule has 0 spiro atoms. The predicted octanol–water partition coefficient (Wildman–Crippen LogP) is 3.06. The molecule has 3 heteroatoms. The SMILES string of the molecule is CCN(CC)c1ccc(-n2cc3cccc[n+]3c2)cc1. The fourth-order valence-electron chi connectivity index (χ4n) is 2.56. The van der Waals surface area contributed by atoms with Crippen LogP contribution in [0.2, 0.25) is 0 Å². The lowest BCUT2D eigenvalue weighted by Gasteiger charge is -2.20. The normalized spacial score (nSPS) is 10.9. The van der Waals surface area contributed by atoms with Gasteiger partial charge in [-0.25, -0.2) is 8.97 Å². The highest BCUT2D eigenvalue weighted by atomic mass is 15.1. The molecule has 2 aromatic heterocycles. The van der Waals surface area contributed by atoms with E-state index < -0.39 is 0 Å². The Morgan fingerprint density at radius 2 is 1.75 bits per heavy atom. The zero-order valence-corrected chi connectivity index (χ0v) is 12.0. The zero-order chi connectivity index (χ0) is 13.9. The second-order valence-electron chi connectivity index (χ2n) is 4.87. The molecule has 0 fully saturated rings. The maximum atomic E-state index is 2.35. The van der Waals surface area contributed by atoms with Crippen LogP contribution in [0.15, 0.2) is 61.2 Å². The smallest absolute Gasteiger partial charge is 0.254 e. The lowest BCUT2D eigenvalue weighted by atomic mass is 10.2. The van der Waals surface area contributed by atoms with E-state index in [1.54, 1.807) is 0 Å². The summed E-state index contributed by atoms with van der Waals surface area (Å²) >= 11 is 0. The van der Waals surface area contributed by atoms with Crippen LogP contribution in [0.25, 0.3) is 11.2 Å². The van der Waals surface area contributed by atoms with Gasteiger partial charge in [0.2, 0.25) is 0 Å². The molecule has 0 aliphatic rings. The van der Waals surface area contributed by atoms with Crippen molar-refractivity contribution in [2.24, 2.45) is 0 Å². The number of pyridine rings is 1. The van der Waals surface area contributed by atoms with Crippen LogP contribution in [0.4, 0.5) is 5.69 Å². The molecule has 0 atom stereocenters. The first-order valence-corrected chi connectivity index (χ1v) is 7.15. The molecule has 0 N–H and O–H groups in total. The predicted molar refractivity (Wildman–Crippen MR) is 82.5 cm³/mol. The summed E-state index contributed by atoms with van der Waals surface area (Å²) < 4.78 is 4.28. The summed E-state index contributed by atoms with van der Waals surface area (Å²) in [5.74, 6) is 0. The minimum absolute atomic E-state index is 1.04. The van der Waals surface area contributed by atoms with E-state index >= 15 is 0 Å². The van der Waals surface area contributed by atoms with E-state index in [2.05, 4.69) is 82.8 Å². The van der Waals surface area contributed by atoms with Crippen LogP contribution < -0.4 is 9.30 Å². The van der Waals surface area contributed by atoms with E-state index in [1.807, 2.05) is 6.07 Å². The number of aromatic nitrogens is 2. The number of rotatable bonds is 4. The summed E-state index contributed by atoms with van der Waals surface area (Å²) in [6.07, 6.45) is 6.31. The first kappa shape index (κ1) is 12.7. The van der Waals surface area contributed by atoms with Crippen molar-refractivity contribution in [1.82, 2.24) is 4.57 Å². The molecule has 0 aliphatic heterocycles. The molecule has 3 nitrogen and oxygen atoms in total. The van der Waals surface area contributed by atoms with Crippen LogP contribution in [0.3, 0.4) is 0 Å². The minimum Gasteiger partial charge on any atom is -0.372 e. The number of nitrogens with zero attached hydrogens (tertiary/aromatic N) is 3. The number of fused-ring (bicyclic) bond motifs is 1. The van der Waals surface area contributed by atoms with Gasteiger partial charge in [0.05, 0.1) is 6.20 Å². The Labute approximate surface area is 119 Å². The number of hydrogen-bond acceptors (Lipinski definition) is 1. The summed E-state index contributed by atoms with van der Waals surface area (Å²) in [4.78, 5) is 2.35. The van der Waals surface area contributed by atoms with Gasteiger partial charge in [-0.05, 0) is 50.2 Å². The Morgan fingerprint density at radius 3 is 2.40 bits per heavy atom. The number of anilines is 1. The second kappa shape index (κ2) is 5.37. The highest BCUT2D eigenvalue weighted by Crippen LogP contribution is 2.17. The molecule has 0 radical (unpaired) electrons. The molecular weight excluding hydrogens is 246 g/mol. The third-order valence-electron chi connectivity index (χ3n) is 3.72. The molecule has 20 heavy (non-hydrogen) atoms. The van der Waals surface area contributed by atoms with Crippen LogP contribution in [-0.2, 0) is 0 Å². The van der Waals surface area contributed by atoms with Crippen molar-refractivity contribution in [2.75, 3.05) is 18.0 Å². The molecule has 102 valence electrons. The van der Waals surface area contributed by atoms with Crippen LogP contribution in [-0.4, -0.2) is 17.7 Å². The lowest BCUT2D eigenvalue weighted by molar-refractivity contribution is -0.511. The van der Waals surface area contributed by atoms with Gasteiger partial charge < -0.3 is 4.90 Å². The van der Waals surface area contributed by atoms with E-state index in [9.17, 15) is 0 Å². The standard InChI is InChI=1S/C17H20N3/c1-3-18(4-2)15-8-10-16(11-9-15)20-13-17-7-5-6-12-19(17)14-20/h5-14H,3-4H2,1-2H3/q+1. The van der Waals surface area contributed by atoms with E-state index in [4.69, 9.17) is 0 Å². The maximum absolute atomic E-state index is 2.35. The lowest BCUT2D eigenvalue weighted by Crippen LogP contribution is -2.21. The number of imidazole rings is 1. The molecule has 0 aliphatic carbocycles.